The predicted octanol–water partition coefficient (Wildman–Crippen LogP) is 5.09. The minimum Gasteiger partial charge on any atom is -0.354 e. The van der Waals surface area contributed by atoms with Gasteiger partial charge in [0.25, 0.3) is 5.91 Å². The number of halogens is 2. The highest BCUT2D eigenvalue weighted by atomic mass is 35.5. The van der Waals surface area contributed by atoms with Crippen molar-refractivity contribution < 1.29 is 14.0 Å². The van der Waals surface area contributed by atoms with Gasteiger partial charge in [-0.3, -0.25) is 9.59 Å². The number of carbonyl (C=O) groups excluding carboxylic acids is 2. The monoisotopic (exact) mass is 468 g/mol. The van der Waals surface area contributed by atoms with E-state index in [9.17, 15) is 14.0 Å². The van der Waals surface area contributed by atoms with E-state index in [0.29, 0.717) is 29.3 Å². The maximum atomic E-state index is 13.5. The first-order chi connectivity index (χ1) is 15.5. The molecule has 0 bridgehead atoms. The van der Waals surface area contributed by atoms with Crippen LogP contribution in [0, 0.1) is 5.82 Å². The molecule has 1 heterocycles. The van der Waals surface area contributed by atoms with Gasteiger partial charge in [0, 0.05) is 12.3 Å². The molecule has 2 unspecified atom stereocenters. The first-order valence-corrected chi connectivity index (χ1v) is 11.7. The van der Waals surface area contributed by atoms with E-state index in [2.05, 4.69) is 5.32 Å². The van der Waals surface area contributed by atoms with Crippen LogP contribution in [0.5, 0.6) is 0 Å². The molecule has 4 nitrogen and oxygen atoms in total. The standard InChI is InChI=1S/C25H22ClFN2O2S/c26-21-9-5-4-8-20(21)24(31)29-22(16-32-25(29)18-10-12-19(27)13-11-18)23(30)28-15-14-17-6-2-1-3-7-17/h1-13,22,25H,14-16H2,(H,28,30). The van der Waals surface area contributed by atoms with Gasteiger partial charge in [-0.25, -0.2) is 4.39 Å². The molecular formula is C25H22ClFN2O2S. The van der Waals surface area contributed by atoms with Crippen molar-refractivity contribution in [1.82, 2.24) is 10.2 Å². The van der Waals surface area contributed by atoms with Crippen molar-refractivity contribution in [2.24, 2.45) is 0 Å². The van der Waals surface area contributed by atoms with Gasteiger partial charge >= 0.3 is 0 Å². The van der Waals surface area contributed by atoms with E-state index in [-0.39, 0.29) is 17.6 Å². The Morgan fingerprint density at radius 3 is 2.41 bits per heavy atom. The lowest BCUT2D eigenvalue weighted by molar-refractivity contribution is -0.124. The second-order valence-electron chi connectivity index (χ2n) is 7.47. The molecular weight excluding hydrogens is 447 g/mol. The Morgan fingerprint density at radius 1 is 1.00 bits per heavy atom. The van der Waals surface area contributed by atoms with Crippen LogP contribution in [0.15, 0.2) is 78.9 Å². The minimum atomic E-state index is -0.658. The zero-order valence-corrected chi connectivity index (χ0v) is 18.8. The van der Waals surface area contributed by atoms with Gasteiger partial charge in [0.2, 0.25) is 5.91 Å². The summed E-state index contributed by atoms with van der Waals surface area (Å²) in [5, 5.41) is 2.88. The van der Waals surface area contributed by atoms with Gasteiger partial charge < -0.3 is 10.2 Å². The van der Waals surface area contributed by atoms with Crippen molar-refractivity contribution in [2.45, 2.75) is 17.8 Å². The lowest BCUT2D eigenvalue weighted by Crippen LogP contribution is -2.48. The summed E-state index contributed by atoms with van der Waals surface area (Å²) < 4.78 is 13.5. The zero-order chi connectivity index (χ0) is 22.5. The summed E-state index contributed by atoms with van der Waals surface area (Å²) >= 11 is 7.77. The van der Waals surface area contributed by atoms with Crippen LogP contribution in [0.4, 0.5) is 4.39 Å². The Bertz CT molecular complexity index is 1090. The first kappa shape index (κ1) is 22.4. The molecule has 1 fully saturated rings. The molecule has 32 heavy (non-hydrogen) atoms. The average Bonchev–Trinajstić information content (AvgIpc) is 3.25. The van der Waals surface area contributed by atoms with Gasteiger partial charge in [0.15, 0.2) is 0 Å². The molecule has 2 atom stereocenters. The van der Waals surface area contributed by atoms with E-state index in [1.807, 2.05) is 30.3 Å². The molecule has 2 amide bonds. The number of nitrogens with one attached hydrogen (secondary N) is 1. The van der Waals surface area contributed by atoms with Crippen molar-refractivity contribution in [3.05, 3.63) is 106 Å². The number of hydrogen-bond donors (Lipinski definition) is 1. The third-order valence-electron chi connectivity index (χ3n) is 5.35. The van der Waals surface area contributed by atoms with Crippen LogP contribution in [0.2, 0.25) is 5.02 Å². The van der Waals surface area contributed by atoms with E-state index in [1.165, 1.54) is 23.9 Å². The molecule has 164 valence electrons. The fourth-order valence-electron chi connectivity index (χ4n) is 3.71. The molecule has 0 aliphatic carbocycles. The quantitative estimate of drug-likeness (QED) is 0.548. The van der Waals surface area contributed by atoms with E-state index in [0.717, 1.165) is 11.1 Å². The number of hydrogen-bond acceptors (Lipinski definition) is 3. The van der Waals surface area contributed by atoms with E-state index >= 15 is 0 Å². The van der Waals surface area contributed by atoms with Crippen LogP contribution in [-0.4, -0.2) is 35.1 Å². The Morgan fingerprint density at radius 2 is 1.69 bits per heavy atom. The van der Waals surface area contributed by atoms with Crippen molar-refractivity contribution in [2.75, 3.05) is 12.3 Å². The summed E-state index contributed by atoms with van der Waals surface area (Å²) in [4.78, 5) is 28.2. The number of benzene rings is 3. The van der Waals surface area contributed by atoms with Gasteiger partial charge in [0.05, 0.1) is 10.6 Å². The topological polar surface area (TPSA) is 49.4 Å². The van der Waals surface area contributed by atoms with Gasteiger partial charge in [-0.2, -0.15) is 0 Å². The molecule has 1 N–H and O–H groups in total. The maximum absolute atomic E-state index is 13.5. The van der Waals surface area contributed by atoms with Crippen molar-refractivity contribution in [1.29, 1.82) is 0 Å². The van der Waals surface area contributed by atoms with Gasteiger partial charge in [-0.15, -0.1) is 11.8 Å². The lowest BCUT2D eigenvalue weighted by atomic mass is 10.1. The second-order valence-corrected chi connectivity index (χ2v) is 8.99. The number of rotatable bonds is 6. The molecule has 3 aromatic rings. The predicted molar refractivity (Wildman–Crippen MR) is 126 cm³/mol. The molecule has 4 rings (SSSR count). The molecule has 3 aromatic carbocycles. The highest BCUT2D eigenvalue weighted by Crippen LogP contribution is 2.42. The largest absolute Gasteiger partial charge is 0.354 e. The highest BCUT2D eigenvalue weighted by Gasteiger charge is 2.42. The van der Waals surface area contributed by atoms with Crippen molar-refractivity contribution >= 4 is 35.2 Å². The van der Waals surface area contributed by atoms with Crippen LogP contribution in [0.25, 0.3) is 0 Å². The number of carbonyl (C=O) groups is 2. The number of thioether (sulfide) groups is 1. The number of amides is 2. The Labute approximate surface area is 195 Å². The maximum Gasteiger partial charge on any atom is 0.257 e. The average molecular weight is 469 g/mol. The Kier molecular flexibility index (Phi) is 7.12. The molecule has 1 aliphatic rings. The van der Waals surface area contributed by atoms with Crippen LogP contribution in [-0.2, 0) is 11.2 Å². The number of nitrogens with zero attached hydrogens (tertiary/aromatic N) is 1. The molecule has 7 heteroatoms. The van der Waals surface area contributed by atoms with E-state index < -0.39 is 11.4 Å². The van der Waals surface area contributed by atoms with Gasteiger partial charge in [-0.1, -0.05) is 66.2 Å². The van der Waals surface area contributed by atoms with Crippen LogP contribution in [0.3, 0.4) is 0 Å². The zero-order valence-electron chi connectivity index (χ0n) is 17.2. The fraction of sp³-hybridized carbons (Fsp3) is 0.200. The molecule has 0 saturated carbocycles. The molecule has 0 radical (unpaired) electrons. The summed E-state index contributed by atoms with van der Waals surface area (Å²) in [6.45, 7) is 0.472. The van der Waals surface area contributed by atoms with E-state index in [4.69, 9.17) is 11.6 Å². The van der Waals surface area contributed by atoms with Crippen LogP contribution < -0.4 is 5.32 Å². The minimum absolute atomic E-state index is 0.210. The summed E-state index contributed by atoms with van der Waals surface area (Å²) in [5.74, 6) is -0.442. The smallest absolute Gasteiger partial charge is 0.257 e. The van der Waals surface area contributed by atoms with Crippen molar-refractivity contribution in [3.8, 4) is 0 Å². The highest BCUT2D eigenvalue weighted by molar-refractivity contribution is 7.99. The summed E-state index contributed by atoms with van der Waals surface area (Å²) in [6.07, 6.45) is 0.701. The second kappa shape index (κ2) is 10.2. The first-order valence-electron chi connectivity index (χ1n) is 10.3. The Hall–Kier alpha value is -2.83. The molecule has 1 aliphatic heterocycles. The van der Waals surface area contributed by atoms with E-state index in [1.54, 1.807) is 41.3 Å². The summed E-state index contributed by atoms with van der Waals surface area (Å²) in [5.41, 5.74) is 2.23. The Balaban J connectivity index is 1.56. The third kappa shape index (κ3) is 4.97. The van der Waals surface area contributed by atoms with Gasteiger partial charge in [-0.05, 0) is 41.8 Å². The SMILES string of the molecule is O=C(NCCc1ccccc1)C1CSC(c2ccc(F)cc2)N1C(=O)c1ccccc1Cl. The molecule has 0 aromatic heterocycles. The molecule has 0 spiro atoms. The van der Waals surface area contributed by atoms with Gasteiger partial charge in [0.1, 0.15) is 17.2 Å². The third-order valence-corrected chi connectivity index (χ3v) is 7.01. The lowest BCUT2D eigenvalue weighted by Gasteiger charge is -2.29. The summed E-state index contributed by atoms with van der Waals surface area (Å²) in [6, 6.07) is 22.1. The van der Waals surface area contributed by atoms with Crippen LogP contribution in [0.1, 0.15) is 26.9 Å². The summed E-state index contributed by atoms with van der Waals surface area (Å²) in [7, 11) is 0. The van der Waals surface area contributed by atoms with Crippen molar-refractivity contribution in [3.63, 3.8) is 0 Å². The normalized spacial score (nSPS) is 17.9. The van der Waals surface area contributed by atoms with Crippen LogP contribution >= 0.6 is 23.4 Å². The molecule has 1 saturated heterocycles. The fourth-order valence-corrected chi connectivity index (χ4v) is 5.35.